The lowest BCUT2D eigenvalue weighted by Crippen LogP contribution is -2.25. The predicted molar refractivity (Wildman–Crippen MR) is 64.0 cm³/mol. The summed E-state index contributed by atoms with van der Waals surface area (Å²) >= 11 is 3.23. The van der Waals surface area contributed by atoms with E-state index in [-0.39, 0.29) is 24.2 Å². The Morgan fingerprint density at radius 3 is 2.87 bits per heavy atom. The lowest BCUT2D eigenvalue weighted by Gasteiger charge is -1.98. The Kier molecular flexibility index (Phi) is 5.88. The zero-order chi connectivity index (χ0) is 10.6. The van der Waals surface area contributed by atoms with Crippen LogP contribution in [0.15, 0.2) is 27.8 Å². The topological polar surface area (TPSA) is 74.3 Å². The first-order valence-electron chi connectivity index (χ1n) is 3.68. The van der Waals surface area contributed by atoms with Crippen molar-refractivity contribution in [1.29, 1.82) is 5.41 Å². The molecule has 0 aromatic heterocycles. The molecule has 4 N–H and O–H groups in total. The van der Waals surface area contributed by atoms with E-state index < -0.39 is 0 Å². The molecule has 82 valence electrons. The van der Waals surface area contributed by atoms with Gasteiger partial charge in [-0.3, -0.25) is 5.41 Å². The lowest BCUT2D eigenvalue weighted by atomic mass is 10.2. The van der Waals surface area contributed by atoms with Crippen molar-refractivity contribution in [3.63, 3.8) is 0 Å². The van der Waals surface area contributed by atoms with Gasteiger partial charge in [-0.15, -0.1) is 12.4 Å². The van der Waals surface area contributed by atoms with Crippen LogP contribution in [0.25, 0.3) is 0 Å². The molecule has 0 fully saturated rings. The van der Waals surface area contributed by atoms with Crippen molar-refractivity contribution in [3.05, 3.63) is 34.1 Å². The van der Waals surface area contributed by atoms with E-state index in [9.17, 15) is 4.39 Å². The maximum atomic E-state index is 12.8. The van der Waals surface area contributed by atoms with Crippen LogP contribution >= 0.6 is 28.3 Å². The predicted octanol–water partition coefficient (Wildman–Crippen LogP) is 1.83. The number of nitrogens with zero attached hydrogens (tertiary/aromatic N) is 1. The number of benzene rings is 1. The highest BCUT2D eigenvalue weighted by Crippen LogP contribution is 2.15. The van der Waals surface area contributed by atoms with Crippen LogP contribution in [0.2, 0.25) is 0 Å². The van der Waals surface area contributed by atoms with E-state index in [4.69, 9.17) is 11.1 Å². The Labute approximate surface area is 101 Å². The minimum absolute atomic E-state index is 0. The summed E-state index contributed by atoms with van der Waals surface area (Å²) in [5.74, 6) is -0.619. The maximum absolute atomic E-state index is 12.8. The van der Waals surface area contributed by atoms with Gasteiger partial charge in [0.25, 0.3) is 0 Å². The van der Waals surface area contributed by atoms with Crippen molar-refractivity contribution >= 4 is 40.5 Å². The molecule has 1 aromatic carbocycles. The van der Waals surface area contributed by atoms with E-state index in [1.54, 1.807) is 6.07 Å². The highest BCUT2D eigenvalue weighted by molar-refractivity contribution is 9.10. The molecular weight excluding hydrogens is 286 g/mol. The third-order valence-electron chi connectivity index (χ3n) is 1.35. The molecule has 0 aliphatic heterocycles. The molecule has 0 spiro atoms. The van der Waals surface area contributed by atoms with Crippen molar-refractivity contribution in [3.8, 4) is 0 Å². The average Bonchev–Trinajstić information content (AvgIpc) is 2.10. The van der Waals surface area contributed by atoms with E-state index in [2.05, 4.69) is 26.5 Å². The van der Waals surface area contributed by atoms with Gasteiger partial charge in [0.1, 0.15) is 5.82 Å². The number of halogens is 3. The first kappa shape index (κ1) is 13.9. The summed E-state index contributed by atoms with van der Waals surface area (Å²) in [7, 11) is 0. The third kappa shape index (κ3) is 4.75. The van der Waals surface area contributed by atoms with Gasteiger partial charge in [0.2, 0.25) is 5.96 Å². The molecular formula is C8H9BrClFN4. The summed E-state index contributed by atoms with van der Waals surface area (Å²) in [5.41, 5.74) is 7.79. The second-order valence-corrected chi connectivity index (χ2v) is 3.30. The maximum Gasteiger partial charge on any atom is 0.206 e. The Hall–Kier alpha value is -1.14. The van der Waals surface area contributed by atoms with Gasteiger partial charge in [-0.25, -0.2) is 9.82 Å². The second-order valence-electron chi connectivity index (χ2n) is 2.45. The van der Waals surface area contributed by atoms with Crippen LogP contribution in [0.5, 0.6) is 0 Å². The van der Waals surface area contributed by atoms with Crippen molar-refractivity contribution in [2.45, 2.75) is 0 Å². The molecule has 0 saturated heterocycles. The molecule has 1 rings (SSSR count). The standard InChI is InChI=1S/C8H8BrFN4.ClH/c9-7-2-1-6(10)3-5(7)4-13-14-8(11)12;/h1-4H,(H4,11,12,14);1H/b13-4+;. The zero-order valence-corrected chi connectivity index (χ0v) is 9.90. The number of nitrogens with two attached hydrogens (primary N) is 1. The fraction of sp³-hybridized carbons (Fsp3) is 0. The SMILES string of the molecule is Cl.N=C(N)N/N=C/c1cc(F)ccc1Br. The van der Waals surface area contributed by atoms with Crippen LogP contribution in [-0.2, 0) is 0 Å². The quantitative estimate of drug-likeness (QED) is 0.442. The largest absolute Gasteiger partial charge is 0.369 e. The molecule has 4 nitrogen and oxygen atoms in total. The molecule has 0 atom stereocenters. The van der Waals surface area contributed by atoms with Gasteiger partial charge in [0, 0.05) is 10.0 Å². The number of hydrazone groups is 1. The molecule has 0 saturated carbocycles. The first-order valence-corrected chi connectivity index (χ1v) is 4.47. The Bertz CT molecular complexity index is 383. The monoisotopic (exact) mass is 294 g/mol. The first-order chi connectivity index (χ1) is 6.59. The van der Waals surface area contributed by atoms with Gasteiger partial charge in [0.15, 0.2) is 0 Å². The second kappa shape index (κ2) is 6.36. The van der Waals surface area contributed by atoms with Crippen LogP contribution in [0.4, 0.5) is 4.39 Å². The van der Waals surface area contributed by atoms with Gasteiger partial charge < -0.3 is 5.73 Å². The summed E-state index contributed by atoms with van der Waals surface area (Å²) in [6.45, 7) is 0. The van der Waals surface area contributed by atoms with Crippen LogP contribution in [0.1, 0.15) is 5.56 Å². The number of hydrogen-bond acceptors (Lipinski definition) is 2. The van der Waals surface area contributed by atoms with Crippen molar-refractivity contribution in [2.75, 3.05) is 0 Å². The molecule has 15 heavy (non-hydrogen) atoms. The van der Waals surface area contributed by atoms with Gasteiger partial charge in [0.05, 0.1) is 6.21 Å². The molecule has 0 bridgehead atoms. The highest BCUT2D eigenvalue weighted by Gasteiger charge is 1.98. The van der Waals surface area contributed by atoms with Gasteiger partial charge in [-0.2, -0.15) is 5.10 Å². The minimum Gasteiger partial charge on any atom is -0.369 e. The van der Waals surface area contributed by atoms with Crippen molar-refractivity contribution < 1.29 is 4.39 Å². The van der Waals surface area contributed by atoms with Crippen LogP contribution in [0.3, 0.4) is 0 Å². The van der Waals surface area contributed by atoms with E-state index in [1.807, 2.05) is 0 Å². The minimum atomic E-state index is -0.350. The fourth-order valence-electron chi connectivity index (χ4n) is 0.785. The van der Waals surface area contributed by atoms with Crippen LogP contribution in [0, 0.1) is 11.2 Å². The molecule has 0 radical (unpaired) electrons. The van der Waals surface area contributed by atoms with E-state index in [0.29, 0.717) is 10.0 Å². The van der Waals surface area contributed by atoms with Gasteiger partial charge >= 0.3 is 0 Å². The van der Waals surface area contributed by atoms with Gasteiger partial charge in [-0.05, 0) is 18.2 Å². The van der Waals surface area contributed by atoms with Gasteiger partial charge in [-0.1, -0.05) is 15.9 Å². The lowest BCUT2D eigenvalue weighted by molar-refractivity contribution is 0.627. The molecule has 1 aromatic rings. The number of guanidine groups is 1. The summed E-state index contributed by atoms with van der Waals surface area (Å²) in [4.78, 5) is 0. The van der Waals surface area contributed by atoms with E-state index >= 15 is 0 Å². The average molecular weight is 296 g/mol. The Morgan fingerprint density at radius 1 is 1.60 bits per heavy atom. The summed E-state index contributed by atoms with van der Waals surface area (Å²) < 4.78 is 13.5. The van der Waals surface area contributed by atoms with E-state index in [0.717, 1.165) is 0 Å². The molecule has 0 aliphatic carbocycles. The van der Waals surface area contributed by atoms with Crippen molar-refractivity contribution in [1.82, 2.24) is 5.43 Å². The summed E-state index contributed by atoms with van der Waals surface area (Å²) in [6, 6.07) is 4.22. The van der Waals surface area contributed by atoms with E-state index in [1.165, 1.54) is 18.3 Å². The number of nitrogens with one attached hydrogen (secondary N) is 2. The molecule has 0 unspecified atom stereocenters. The number of rotatable bonds is 2. The molecule has 0 amide bonds. The summed E-state index contributed by atoms with van der Waals surface area (Å²) in [6.07, 6.45) is 1.37. The highest BCUT2D eigenvalue weighted by atomic mass is 79.9. The zero-order valence-electron chi connectivity index (χ0n) is 7.50. The molecule has 7 heteroatoms. The third-order valence-corrected chi connectivity index (χ3v) is 2.07. The molecule has 0 aliphatic rings. The number of hydrogen-bond donors (Lipinski definition) is 3. The van der Waals surface area contributed by atoms with Crippen LogP contribution in [-0.4, -0.2) is 12.2 Å². The Morgan fingerprint density at radius 2 is 2.27 bits per heavy atom. The summed E-state index contributed by atoms with van der Waals surface area (Å²) in [5, 5.41) is 10.4. The molecule has 0 heterocycles. The van der Waals surface area contributed by atoms with Crippen molar-refractivity contribution in [2.24, 2.45) is 10.8 Å². The Balaban J connectivity index is 0.00000196. The smallest absolute Gasteiger partial charge is 0.206 e. The normalized spacial score (nSPS) is 9.73. The fourth-order valence-corrected chi connectivity index (χ4v) is 1.13. The van der Waals surface area contributed by atoms with Crippen LogP contribution < -0.4 is 11.2 Å².